The third-order valence-corrected chi connectivity index (χ3v) is 2.46. The molecule has 0 aliphatic heterocycles. The highest BCUT2D eigenvalue weighted by molar-refractivity contribution is 5.79. The monoisotopic (exact) mass is 224 g/mol. The first-order chi connectivity index (χ1) is 7.52. The summed E-state index contributed by atoms with van der Waals surface area (Å²) in [5.74, 6) is -0.300. The lowest BCUT2D eigenvalue weighted by atomic mass is 10.2. The fourth-order valence-electron chi connectivity index (χ4n) is 1.64. The molecule has 16 heavy (non-hydrogen) atoms. The number of hydrogen-bond acceptors (Lipinski definition) is 3. The number of primary amides is 1. The Kier molecular flexibility index (Phi) is 4.49. The zero-order valence-corrected chi connectivity index (χ0v) is 10.1. The van der Waals surface area contributed by atoms with Crippen LogP contribution >= 0.6 is 0 Å². The Morgan fingerprint density at radius 3 is 2.81 bits per heavy atom. The molecule has 0 unspecified atom stereocenters. The SMILES string of the molecule is CC[C@H](N[C@H](C)Cn1cc(C)cn1)C(N)=O. The van der Waals surface area contributed by atoms with Crippen LogP contribution < -0.4 is 11.1 Å². The minimum Gasteiger partial charge on any atom is -0.368 e. The van der Waals surface area contributed by atoms with Crippen molar-refractivity contribution in [2.75, 3.05) is 0 Å². The highest BCUT2D eigenvalue weighted by Gasteiger charge is 2.15. The average Bonchev–Trinajstić information content (AvgIpc) is 2.60. The first kappa shape index (κ1) is 12.7. The van der Waals surface area contributed by atoms with Crippen LogP contribution in [0, 0.1) is 6.92 Å². The summed E-state index contributed by atoms with van der Waals surface area (Å²) in [4.78, 5) is 11.1. The third-order valence-electron chi connectivity index (χ3n) is 2.46. The minimum absolute atomic E-state index is 0.164. The van der Waals surface area contributed by atoms with E-state index in [0.29, 0.717) is 6.42 Å². The van der Waals surface area contributed by atoms with Crippen LogP contribution in [0.1, 0.15) is 25.8 Å². The van der Waals surface area contributed by atoms with Crippen LogP contribution in [-0.2, 0) is 11.3 Å². The quantitative estimate of drug-likeness (QED) is 0.736. The molecule has 0 aliphatic rings. The molecule has 1 aromatic rings. The Labute approximate surface area is 96.0 Å². The van der Waals surface area contributed by atoms with E-state index in [-0.39, 0.29) is 18.0 Å². The van der Waals surface area contributed by atoms with E-state index in [1.807, 2.05) is 37.8 Å². The van der Waals surface area contributed by atoms with Crippen molar-refractivity contribution >= 4 is 5.91 Å². The van der Waals surface area contributed by atoms with Crippen LogP contribution in [0.2, 0.25) is 0 Å². The number of hydrogen-bond donors (Lipinski definition) is 2. The number of aromatic nitrogens is 2. The van der Waals surface area contributed by atoms with Crippen LogP contribution in [0.5, 0.6) is 0 Å². The number of carbonyl (C=O) groups is 1. The number of nitrogens with two attached hydrogens (primary N) is 1. The maximum atomic E-state index is 11.1. The molecule has 90 valence electrons. The number of nitrogens with one attached hydrogen (secondary N) is 1. The lowest BCUT2D eigenvalue weighted by Gasteiger charge is -2.19. The van der Waals surface area contributed by atoms with E-state index in [1.54, 1.807) is 0 Å². The van der Waals surface area contributed by atoms with Gasteiger partial charge in [-0.05, 0) is 25.8 Å². The van der Waals surface area contributed by atoms with E-state index in [1.165, 1.54) is 0 Å². The lowest BCUT2D eigenvalue weighted by molar-refractivity contribution is -0.120. The predicted molar refractivity (Wildman–Crippen MR) is 62.8 cm³/mol. The second-order valence-corrected chi connectivity index (χ2v) is 4.17. The van der Waals surface area contributed by atoms with Crippen molar-refractivity contribution in [3.05, 3.63) is 18.0 Å². The van der Waals surface area contributed by atoms with Crippen LogP contribution in [0.25, 0.3) is 0 Å². The molecular weight excluding hydrogens is 204 g/mol. The van der Waals surface area contributed by atoms with Gasteiger partial charge in [0.2, 0.25) is 5.91 Å². The smallest absolute Gasteiger partial charge is 0.234 e. The first-order valence-corrected chi connectivity index (χ1v) is 5.57. The molecule has 0 saturated carbocycles. The second kappa shape index (κ2) is 5.65. The molecule has 0 radical (unpaired) electrons. The first-order valence-electron chi connectivity index (χ1n) is 5.57. The van der Waals surface area contributed by atoms with Gasteiger partial charge >= 0.3 is 0 Å². The molecule has 1 amide bonds. The van der Waals surface area contributed by atoms with Gasteiger partial charge in [0.05, 0.1) is 18.8 Å². The van der Waals surface area contributed by atoms with Gasteiger partial charge in [-0.2, -0.15) is 5.10 Å². The van der Waals surface area contributed by atoms with Crippen LogP contribution in [-0.4, -0.2) is 27.8 Å². The van der Waals surface area contributed by atoms with E-state index in [4.69, 9.17) is 5.73 Å². The minimum atomic E-state index is -0.300. The van der Waals surface area contributed by atoms with Gasteiger partial charge in [-0.3, -0.25) is 9.48 Å². The fraction of sp³-hybridized carbons (Fsp3) is 0.636. The standard InChI is InChI=1S/C11H20N4O/c1-4-10(11(12)16)14-9(3)7-15-6-8(2)5-13-15/h5-6,9-10,14H,4,7H2,1-3H3,(H2,12,16)/t9-,10+/m1/s1. The molecule has 0 fully saturated rings. The molecule has 5 heteroatoms. The zero-order chi connectivity index (χ0) is 12.1. The van der Waals surface area contributed by atoms with Gasteiger partial charge in [0.25, 0.3) is 0 Å². The predicted octanol–water partition coefficient (Wildman–Crippen LogP) is 0.434. The van der Waals surface area contributed by atoms with Crippen LogP contribution in [0.15, 0.2) is 12.4 Å². The van der Waals surface area contributed by atoms with E-state index >= 15 is 0 Å². The molecule has 0 aliphatic carbocycles. The Balaban J connectivity index is 2.46. The second-order valence-electron chi connectivity index (χ2n) is 4.17. The number of carbonyl (C=O) groups excluding carboxylic acids is 1. The Morgan fingerprint density at radius 1 is 1.69 bits per heavy atom. The van der Waals surface area contributed by atoms with E-state index < -0.39 is 0 Å². The van der Waals surface area contributed by atoms with Crippen molar-refractivity contribution in [2.45, 2.75) is 45.8 Å². The van der Waals surface area contributed by atoms with Crippen molar-refractivity contribution in [1.82, 2.24) is 15.1 Å². The van der Waals surface area contributed by atoms with E-state index in [9.17, 15) is 4.79 Å². The van der Waals surface area contributed by atoms with E-state index in [0.717, 1.165) is 12.1 Å². The molecule has 5 nitrogen and oxygen atoms in total. The summed E-state index contributed by atoms with van der Waals surface area (Å²) in [5, 5.41) is 7.38. The molecule has 2 atom stereocenters. The summed E-state index contributed by atoms with van der Waals surface area (Å²) in [6.07, 6.45) is 4.50. The summed E-state index contributed by atoms with van der Waals surface area (Å²) < 4.78 is 1.86. The molecule has 1 heterocycles. The molecule has 1 aromatic heterocycles. The Morgan fingerprint density at radius 2 is 2.38 bits per heavy atom. The molecule has 0 saturated heterocycles. The summed E-state index contributed by atoms with van der Waals surface area (Å²) in [6.45, 7) is 6.69. The van der Waals surface area contributed by atoms with Crippen LogP contribution in [0.4, 0.5) is 0 Å². The fourth-order valence-corrected chi connectivity index (χ4v) is 1.64. The van der Waals surface area contributed by atoms with Crippen molar-refractivity contribution in [1.29, 1.82) is 0 Å². The number of aryl methyl sites for hydroxylation is 1. The third kappa shape index (κ3) is 3.66. The highest BCUT2D eigenvalue weighted by Crippen LogP contribution is 1.98. The average molecular weight is 224 g/mol. The molecule has 0 bridgehead atoms. The van der Waals surface area contributed by atoms with Crippen molar-refractivity contribution in [2.24, 2.45) is 5.73 Å². The Hall–Kier alpha value is -1.36. The van der Waals surface area contributed by atoms with Gasteiger partial charge in [-0.25, -0.2) is 0 Å². The molecule has 0 spiro atoms. The molecule has 3 N–H and O–H groups in total. The van der Waals surface area contributed by atoms with Gasteiger partial charge < -0.3 is 11.1 Å². The zero-order valence-electron chi connectivity index (χ0n) is 10.1. The van der Waals surface area contributed by atoms with E-state index in [2.05, 4.69) is 10.4 Å². The van der Waals surface area contributed by atoms with Gasteiger partial charge in [-0.15, -0.1) is 0 Å². The van der Waals surface area contributed by atoms with Crippen molar-refractivity contribution in [3.63, 3.8) is 0 Å². The number of amides is 1. The van der Waals surface area contributed by atoms with Crippen molar-refractivity contribution in [3.8, 4) is 0 Å². The summed E-state index contributed by atoms with van der Waals surface area (Å²) in [6, 6.07) is -0.0941. The van der Waals surface area contributed by atoms with Crippen molar-refractivity contribution < 1.29 is 4.79 Å². The van der Waals surface area contributed by atoms with Gasteiger partial charge in [0.15, 0.2) is 0 Å². The molecule has 0 aromatic carbocycles. The van der Waals surface area contributed by atoms with Gasteiger partial charge in [0.1, 0.15) is 0 Å². The Bertz CT molecular complexity index is 348. The molecule has 1 rings (SSSR count). The maximum Gasteiger partial charge on any atom is 0.234 e. The summed E-state index contributed by atoms with van der Waals surface area (Å²) in [5.41, 5.74) is 6.40. The van der Waals surface area contributed by atoms with Gasteiger partial charge in [-0.1, -0.05) is 6.92 Å². The number of nitrogens with zero attached hydrogens (tertiary/aromatic N) is 2. The number of rotatable bonds is 6. The summed E-state index contributed by atoms with van der Waals surface area (Å²) >= 11 is 0. The largest absolute Gasteiger partial charge is 0.368 e. The van der Waals surface area contributed by atoms with Crippen LogP contribution in [0.3, 0.4) is 0 Å². The normalized spacial score (nSPS) is 14.7. The topological polar surface area (TPSA) is 72.9 Å². The molecular formula is C11H20N4O. The summed E-state index contributed by atoms with van der Waals surface area (Å²) in [7, 11) is 0. The highest BCUT2D eigenvalue weighted by atomic mass is 16.1. The van der Waals surface area contributed by atoms with Gasteiger partial charge in [0, 0.05) is 12.2 Å². The maximum absolute atomic E-state index is 11.1. The lowest BCUT2D eigenvalue weighted by Crippen LogP contribution is -2.46.